The Morgan fingerprint density at radius 1 is 1.67 bits per heavy atom. The van der Waals surface area contributed by atoms with Crippen LogP contribution in [-0.2, 0) is 0 Å². The van der Waals surface area contributed by atoms with Crippen molar-refractivity contribution in [3.63, 3.8) is 0 Å². The molecule has 66 valence electrons. The van der Waals surface area contributed by atoms with E-state index in [0.717, 1.165) is 12.8 Å². The van der Waals surface area contributed by atoms with Crippen LogP contribution in [0.25, 0.3) is 0 Å². The minimum Gasteiger partial charge on any atom is -0.323 e. The van der Waals surface area contributed by atoms with Gasteiger partial charge >= 0.3 is 0 Å². The number of halogens is 1. The molecule has 0 aliphatic carbocycles. The molecule has 1 aromatic rings. The lowest BCUT2D eigenvalue weighted by atomic mass is 10.1. The molecule has 0 radical (unpaired) electrons. The lowest BCUT2D eigenvalue weighted by molar-refractivity contribution is 0.543. The van der Waals surface area contributed by atoms with E-state index < -0.39 is 0 Å². The lowest BCUT2D eigenvalue weighted by Crippen LogP contribution is -2.13. The molecule has 0 saturated carbocycles. The number of hydrogen-bond donors (Lipinski definition) is 1. The molecular weight excluding hydrogens is 155 g/mol. The third-order valence-electron chi connectivity index (χ3n) is 1.74. The van der Waals surface area contributed by atoms with E-state index in [1.165, 1.54) is 6.07 Å². The van der Waals surface area contributed by atoms with E-state index in [1.807, 2.05) is 6.92 Å². The van der Waals surface area contributed by atoms with E-state index in [1.54, 1.807) is 12.3 Å². The predicted octanol–water partition coefficient (Wildman–Crippen LogP) is 2.02. The molecule has 1 rings (SSSR count). The van der Waals surface area contributed by atoms with E-state index in [0.29, 0.717) is 5.69 Å². The second kappa shape index (κ2) is 4.16. The minimum atomic E-state index is -0.307. The number of nitrogens with zero attached hydrogens (tertiary/aromatic N) is 1. The van der Waals surface area contributed by atoms with Crippen LogP contribution in [0.15, 0.2) is 18.3 Å². The highest BCUT2D eigenvalue weighted by Gasteiger charge is 2.10. The third kappa shape index (κ3) is 2.01. The smallest absolute Gasteiger partial charge is 0.146 e. The molecule has 0 aliphatic heterocycles. The topological polar surface area (TPSA) is 38.9 Å². The van der Waals surface area contributed by atoms with Gasteiger partial charge in [0.2, 0.25) is 0 Å². The number of nitrogens with two attached hydrogens (primary N) is 1. The van der Waals surface area contributed by atoms with E-state index in [4.69, 9.17) is 5.73 Å². The number of hydrogen-bond acceptors (Lipinski definition) is 2. The molecule has 1 aromatic heterocycles. The standard InChI is InChI=1S/C9H13FN2/c1-2-4-8(11)9-7(10)5-3-6-12-9/h3,5-6,8H,2,4,11H2,1H3/t8-/m1/s1. The Balaban J connectivity index is 2.79. The third-order valence-corrected chi connectivity index (χ3v) is 1.74. The van der Waals surface area contributed by atoms with Crippen LogP contribution in [0, 0.1) is 5.82 Å². The number of aromatic nitrogens is 1. The van der Waals surface area contributed by atoms with E-state index in [9.17, 15) is 4.39 Å². The summed E-state index contributed by atoms with van der Waals surface area (Å²) in [5.41, 5.74) is 6.08. The van der Waals surface area contributed by atoms with Crippen LogP contribution in [0.2, 0.25) is 0 Å². The van der Waals surface area contributed by atoms with Crippen LogP contribution in [-0.4, -0.2) is 4.98 Å². The van der Waals surface area contributed by atoms with Crippen LogP contribution in [0.3, 0.4) is 0 Å². The fourth-order valence-corrected chi connectivity index (χ4v) is 1.12. The maximum absolute atomic E-state index is 13.0. The van der Waals surface area contributed by atoms with Crippen molar-refractivity contribution in [2.45, 2.75) is 25.8 Å². The molecule has 0 aliphatic rings. The van der Waals surface area contributed by atoms with E-state index in [2.05, 4.69) is 4.98 Å². The predicted molar refractivity (Wildman–Crippen MR) is 46.0 cm³/mol. The number of pyridine rings is 1. The zero-order valence-corrected chi connectivity index (χ0v) is 7.13. The van der Waals surface area contributed by atoms with Crippen LogP contribution in [0.1, 0.15) is 31.5 Å². The van der Waals surface area contributed by atoms with Gasteiger partial charge in [0, 0.05) is 12.2 Å². The Labute approximate surface area is 71.6 Å². The van der Waals surface area contributed by atoms with E-state index >= 15 is 0 Å². The molecule has 0 fully saturated rings. The first kappa shape index (κ1) is 9.13. The maximum atomic E-state index is 13.0. The molecule has 0 spiro atoms. The lowest BCUT2D eigenvalue weighted by Gasteiger charge is -2.09. The summed E-state index contributed by atoms with van der Waals surface area (Å²) in [6.45, 7) is 2.01. The normalized spacial score (nSPS) is 12.9. The van der Waals surface area contributed by atoms with Crippen molar-refractivity contribution in [3.05, 3.63) is 29.8 Å². The van der Waals surface area contributed by atoms with E-state index in [-0.39, 0.29) is 11.9 Å². The second-order valence-corrected chi connectivity index (χ2v) is 2.77. The summed E-state index contributed by atoms with van der Waals surface area (Å²) in [6.07, 6.45) is 3.28. The molecule has 12 heavy (non-hydrogen) atoms. The molecule has 3 heteroatoms. The van der Waals surface area contributed by atoms with Crippen LogP contribution >= 0.6 is 0 Å². The van der Waals surface area contributed by atoms with Gasteiger partial charge < -0.3 is 5.73 Å². The second-order valence-electron chi connectivity index (χ2n) is 2.77. The molecular formula is C9H13FN2. The molecule has 0 saturated heterocycles. The van der Waals surface area contributed by atoms with Crippen LogP contribution in [0.5, 0.6) is 0 Å². The van der Waals surface area contributed by atoms with Gasteiger partial charge in [0.25, 0.3) is 0 Å². The van der Waals surface area contributed by atoms with Crippen molar-refractivity contribution in [2.75, 3.05) is 0 Å². The van der Waals surface area contributed by atoms with Gasteiger partial charge in [-0.05, 0) is 18.6 Å². The van der Waals surface area contributed by atoms with Crippen LogP contribution in [0.4, 0.5) is 4.39 Å². The molecule has 2 nitrogen and oxygen atoms in total. The quantitative estimate of drug-likeness (QED) is 0.749. The summed E-state index contributed by atoms with van der Waals surface area (Å²) in [5, 5.41) is 0. The molecule has 0 amide bonds. The van der Waals surface area contributed by atoms with Gasteiger partial charge in [-0.1, -0.05) is 13.3 Å². The van der Waals surface area contributed by atoms with Crippen molar-refractivity contribution < 1.29 is 4.39 Å². The SMILES string of the molecule is CCC[C@@H](N)c1ncccc1F. The van der Waals surface area contributed by atoms with Crippen molar-refractivity contribution in [1.29, 1.82) is 0 Å². The van der Waals surface area contributed by atoms with Gasteiger partial charge in [0.1, 0.15) is 5.82 Å². The minimum absolute atomic E-state index is 0.267. The average Bonchev–Trinajstić information content (AvgIpc) is 2.05. The Bertz CT molecular complexity index is 250. The highest BCUT2D eigenvalue weighted by molar-refractivity contribution is 5.10. The molecule has 1 atom stereocenters. The zero-order valence-electron chi connectivity index (χ0n) is 7.13. The Hall–Kier alpha value is -0.960. The molecule has 0 unspecified atom stereocenters. The Morgan fingerprint density at radius 3 is 3.00 bits per heavy atom. The van der Waals surface area contributed by atoms with Crippen molar-refractivity contribution >= 4 is 0 Å². The highest BCUT2D eigenvalue weighted by Crippen LogP contribution is 2.15. The van der Waals surface area contributed by atoms with Crippen molar-refractivity contribution in [3.8, 4) is 0 Å². The number of rotatable bonds is 3. The highest BCUT2D eigenvalue weighted by atomic mass is 19.1. The largest absolute Gasteiger partial charge is 0.323 e. The Kier molecular flexibility index (Phi) is 3.17. The van der Waals surface area contributed by atoms with Gasteiger partial charge in [-0.2, -0.15) is 0 Å². The first-order chi connectivity index (χ1) is 5.75. The first-order valence-corrected chi connectivity index (χ1v) is 4.11. The summed E-state index contributed by atoms with van der Waals surface area (Å²) in [6, 6.07) is 2.69. The van der Waals surface area contributed by atoms with Gasteiger partial charge in [-0.3, -0.25) is 4.98 Å². The van der Waals surface area contributed by atoms with Gasteiger partial charge in [-0.15, -0.1) is 0 Å². The maximum Gasteiger partial charge on any atom is 0.146 e. The molecule has 2 N–H and O–H groups in total. The fraction of sp³-hybridized carbons (Fsp3) is 0.444. The summed E-state index contributed by atoms with van der Waals surface area (Å²) in [7, 11) is 0. The van der Waals surface area contributed by atoms with Crippen LogP contribution < -0.4 is 5.73 Å². The molecule has 0 aromatic carbocycles. The first-order valence-electron chi connectivity index (χ1n) is 4.11. The monoisotopic (exact) mass is 168 g/mol. The van der Waals surface area contributed by atoms with Crippen molar-refractivity contribution in [2.24, 2.45) is 5.73 Å². The van der Waals surface area contributed by atoms with Gasteiger partial charge in [0.05, 0.1) is 5.69 Å². The Morgan fingerprint density at radius 2 is 2.42 bits per heavy atom. The molecule has 0 bridgehead atoms. The fourth-order valence-electron chi connectivity index (χ4n) is 1.12. The summed E-state index contributed by atoms with van der Waals surface area (Å²) in [5.74, 6) is -0.307. The summed E-state index contributed by atoms with van der Waals surface area (Å²) >= 11 is 0. The van der Waals surface area contributed by atoms with Gasteiger partial charge in [-0.25, -0.2) is 4.39 Å². The van der Waals surface area contributed by atoms with Gasteiger partial charge in [0.15, 0.2) is 0 Å². The average molecular weight is 168 g/mol. The summed E-state index contributed by atoms with van der Waals surface area (Å²) in [4.78, 5) is 3.90. The summed E-state index contributed by atoms with van der Waals surface area (Å²) < 4.78 is 13.0. The van der Waals surface area contributed by atoms with Crippen molar-refractivity contribution in [1.82, 2.24) is 4.98 Å². The molecule has 1 heterocycles. The zero-order chi connectivity index (χ0) is 8.97.